The van der Waals surface area contributed by atoms with Crippen LogP contribution in [0.25, 0.3) is 0 Å². The number of hydrogen-bond donors (Lipinski definition) is 2. The molecule has 6 nitrogen and oxygen atoms in total. The Labute approximate surface area is 134 Å². The molecule has 0 aromatic heterocycles. The minimum Gasteiger partial charge on any atom is -0.481 e. The van der Waals surface area contributed by atoms with Crippen molar-refractivity contribution in [3.8, 4) is 0 Å². The minimum absolute atomic E-state index is 0.0335. The zero-order chi connectivity index (χ0) is 16.7. The topological polar surface area (TPSA) is 78.9 Å². The second kappa shape index (κ2) is 8.47. The van der Waals surface area contributed by atoms with Crippen molar-refractivity contribution < 1.29 is 23.8 Å². The third-order valence-electron chi connectivity index (χ3n) is 3.61. The number of ether oxygens (including phenoxy) is 1. The molecule has 1 saturated heterocycles. The maximum absolute atomic E-state index is 13.3. The third-order valence-corrected chi connectivity index (χ3v) is 3.61. The number of urea groups is 1. The number of carboxylic acid groups (broad SMARTS) is 1. The van der Waals surface area contributed by atoms with E-state index in [0.717, 1.165) is 12.8 Å². The third kappa shape index (κ3) is 5.86. The molecule has 7 heteroatoms. The Morgan fingerprint density at radius 1 is 1.43 bits per heavy atom. The Bertz CT molecular complexity index is 547. The Morgan fingerprint density at radius 3 is 2.91 bits per heavy atom. The Balaban J connectivity index is 1.98. The smallest absolute Gasteiger partial charge is 0.317 e. The fourth-order valence-corrected chi connectivity index (χ4v) is 2.50. The average molecular weight is 324 g/mol. The van der Waals surface area contributed by atoms with Gasteiger partial charge in [-0.2, -0.15) is 0 Å². The van der Waals surface area contributed by atoms with Crippen LogP contribution < -0.4 is 5.32 Å². The molecule has 1 atom stereocenters. The number of benzene rings is 1. The molecule has 126 valence electrons. The van der Waals surface area contributed by atoms with Gasteiger partial charge in [0.25, 0.3) is 0 Å². The molecule has 1 aromatic rings. The van der Waals surface area contributed by atoms with E-state index in [1.165, 1.54) is 17.0 Å². The van der Waals surface area contributed by atoms with Crippen LogP contribution >= 0.6 is 0 Å². The summed E-state index contributed by atoms with van der Waals surface area (Å²) in [6.45, 7) is 1.38. The Morgan fingerprint density at radius 2 is 2.26 bits per heavy atom. The summed E-state index contributed by atoms with van der Waals surface area (Å²) in [4.78, 5) is 24.3. The van der Waals surface area contributed by atoms with E-state index in [2.05, 4.69) is 5.32 Å². The van der Waals surface area contributed by atoms with Gasteiger partial charge in [-0.05, 0) is 30.5 Å². The van der Waals surface area contributed by atoms with Crippen LogP contribution in [-0.4, -0.2) is 47.8 Å². The van der Waals surface area contributed by atoms with Gasteiger partial charge in [0.1, 0.15) is 5.82 Å². The van der Waals surface area contributed by atoms with Gasteiger partial charge < -0.3 is 20.1 Å². The SMILES string of the molecule is O=C(O)CCNC(=O)N(Cc1cccc(F)c1)CC1CCCO1. The van der Waals surface area contributed by atoms with E-state index >= 15 is 0 Å². The molecule has 23 heavy (non-hydrogen) atoms. The quantitative estimate of drug-likeness (QED) is 0.804. The number of nitrogens with one attached hydrogen (secondary N) is 1. The first-order valence-electron chi connectivity index (χ1n) is 7.65. The Kier molecular flexibility index (Phi) is 6.34. The summed E-state index contributed by atoms with van der Waals surface area (Å²) in [6.07, 6.45) is 1.66. The molecule has 2 N–H and O–H groups in total. The van der Waals surface area contributed by atoms with Crippen LogP contribution in [-0.2, 0) is 16.1 Å². The predicted octanol–water partition coefficient (Wildman–Crippen LogP) is 1.99. The molecule has 1 aliphatic heterocycles. The molecule has 0 saturated carbocycles. The highest BCUT2D eigenvalue weighted by Crippen LogP contribution is 2.15. The maximum Gasteiger partial charge on any atom is 0.317 e. The number of hydrogen-bond acceptors (Lipinski definition) is 3. The van der Waals surface area contributed by atoms with Crippen LogP contribution in [0.3, 0.4) is 0 Å². The highest BCUT2D eigenvalue weighted by atomic mass is 19.1. The van der Waals surface area contributed by atoms with Crippen molar-refractivity contribution in [3.63, 3.8) is 0 Å². The van der Waals surface area contributed by atoms with Gasteiger partial charge in [-0.1, -0.05) is 12.1 Å². The predicted molar refractivity (Wildman–Crippen MR) is 81.4 cm³/mol. The van der Waals surface area contributed by atoms with Crippen LogP contribution in [0.15, 0.2) is 24.3 Å². The van der Waals surface area contributed by atoms with E-state index in [4.69, 9.17) is 9.84 Å². The summed E-state index contributed by atoms with van der Waals surface area (Å²) in [7, 11) is 0. The van der Waals surface area contributed by atoms with Crippen molar-refractivity contribution in [2.75, 3.05) is 19.7 Å². The number of halogens is 1. The van der Waals surface area contributed by atoms with Crippen molar-refractivity contribution in [3.05, 3.63) is 35.6 Å². The zero-order valence-electron chi connectivity index (χ0n) is 12.8. The second-order valence-electron chi connectivity index (χ2n) is 5.52. The van der Waals surface area contributed by atoms with Gasteiger partial charge in [0.05, 0.1) is 12.5 Å². The monoisotopic (exact) mass is 324 g/mol. The summed E-state index contributed by atoms with van der Waals surface area (Å²) in [6, 6.07) is 5.70. The molecule has 1 heterocycles. The first kappa shape index (κ1) is 17.2. The molecule has 2 rings (SSSR count). The van der Waals surface area contributed by atoms with E-state index < -0.39 is 5.97 Å². The zero-order valence-corrected chi connectivity index (χ0v) is 12.8. The first-order chi connectivity index (χ1) is 11.0. The van der Waals surface area contributed by atoms with Gasteiger partial charge in [-0.15, -0.1) is 0 Å². The van der Waals surface area contributed by atoms with E-state index in [9.17, 15) is 14.0 Å². The lowest BCUT2D eigenvalue weighted by molar-refractivity contribution is -0.136. The lowest BCUT2D eigenvalue weighted by Gasteiger charge is -2.26. The van der Waals surface area contributed by atoms with Crippen LogP contribution in [0.4, 0.5) is 9.18 Å². The number of amides is 2. The molecular formula is C16H21FN2O4. The van der Waals surface area contributed by atoms with Crippen LogP contribution in [0.2, 0.25) is 0 Å². The van der Waals surface area contributed by atoms with Gasteiger partial charge in [-0.3, -0.25) is 4.79 Å². The first-order valence-corrected chi connectivity index (χ1v) is 7.65. The molecule has 0 bridgehead atoms. The van der Waals surface area contributed by atoms with Crippen LogP contribution in [0.5, 0.6) is 0 Å². The lowest BCUT2D eigenvalue weighted by atomic mass is 10.2. The van der Waals surface area contributed by atoms with Gasteiger partial charge in [0.2, 0.25) is 0 Å². The van der Waals surface area contributed by atoms with Crippen molar-refractivity contribution in [2.45, 2.75) is 31.9 Å². The van der Waals surface area contributed by atoms with E-state index in [0.29, 0.717) is 18.7 Å². The van der Waals surface area contributed by atoms with Crippen molar-refractivity contribution >= 4 is 12.0 Å². The number of rotatable bonds is 7. The molecule has 0 aliphatic carbocycles. The second-order valence-corrected chi connectivity index (χ2v) is 5.52. The van der Waals surface area contributed by atoms with E-state index in [-0.39, 0.29) is 37.5 Å². The van der Waals surface area contributed by atoms with Gasteiger partial charge in [-0.25, -0.2) is 9.18 Å². The van der Waals surface area contributed by atoms with Crippen LogP contribution in [0, 0.1) is 5.82 Å². The highest BCUT2D eigenvalue weighted by Gasteiger charge is 2.22. The highest BCUT2D eigenvalue weighted by molar-refractivity contribution is 5.75. The minimum atomic E-state index is -0.971. The Hall–Kier alpha value is -2.15. The summed E-state index contributed by atoms with van der Waals surface area (Å²) in [5.41, 5.74) is 0.677. The van der Waals surface area contributed by atoms with Gasteiger partial charge >= 0.3 is 12.0 Å². The molecule has 2 amide bonds. The van der Waals surface area contributed by atoms with Gasteiger partial charge in [0.15, 0.2) is 0 Å². The molecular weight excluding hydrogens is 303 g/mol. The van der Waals surface area contributed by atoms with Crippen molar-refractivity contribution in [2.24, 2.45) is 0 Å². The molecule has 0 spiro atoms. The number of carbonyl (C=O) groups excluding carboxylic acids is 1. The number of carboxylic acids is 1. The van der Waals surface area contributed by atoms with Crippen molar-refractivity contribution in [1.29, 1.82) is 0 Å². The normalized spacial score (nSPS) is 17.0. The summed E-state index contributed by atoms with van der Waals surface area (Å²) in [5, 5.41) is 11.2. The standard InChI is InChI=1S/C16H21FN2O4/c17-13-4-1-3-12(9-13)10-19(11-14-5-2-8-23-14)16(22)18-7-6-15(20)21/h1,3-4,9,14H,2,5-8,10-11H2,(H,18,22)(H,20,21). The average Bonchev–Trinajstić information content (AvgIpc) is 2.99. The molecule has 1 unspecified atom stereocenters. The summed E-state index contributed by atoms with van der Waals surface area (Å²) in [5.74, 6) is -1.33. The maximum atomic E-state index is 13.3. The van der Waals surface area contributed by atoms with E-state index in [1.54, 1.807) is 12.1 Å². The number of aliphatic carboxylic acids is 1. The molecule has 1 aliphatic rings. The van der Waals surface area contributed by atoms with Crippen molar-refractivity contribution in [1.82, 2.24) is 10.2 Å². The fourth-order valence-electron chi connectivity index (χ4n) is 2.50. The summed E-state index contributed by atoms with van der Waals surface area (Å²) >= 11 is 0. The van der Waals surface area contributed by atoms with E-state index in [1.807, 2.05) is 0 Å². The molecule has 0 radical (unpaired) electrons. The largest absolute Gasteiger partial charge is 0.481 e. The number of nitrogens with zero attached hydrogens (tertiary/aromatic N) is 1. The summed E-state index contributed by atoms with van der Waals surface area (Å²) < 4.78 is 18.9. The van der Waals surface area contributed by atoms with Crippen LogP contribution in [0.1, 0.15) is 24.8 Å². The molecule has 1 aromatic carbocycles. The van der Waals surface area contributed by atoms with Gasteiger partial charge in [0, 0.05) is 26.2 Å². The fraction of sp³-hybridized carbons (Fsp3) is 0.500. The number of carbonyl (C=O) groups is 2. The molecule has 1 fully saturated rings. The lowest BCUT2D eigenvalue weighted by Crippen LogP contribution is -2.43.